The van der Waals surface area contributed by atoms with E-state index in [2.05, 4.69) is 5.32 Å². The van der Waals surface area contributed by atoms with Crippen LogP contribution < -0.4 is 28.6 Å². The molecule has 11 nitrogen and oxygen atoms in total. The molecule has 0 radical (unpaired) electrons. The van der Waals surface area contributed by atoms with Gasteiger partial charge in [-0.15, -0.1) is 0 Å². The third-order valence-corrected chi connectivity index (χ3v) is 9.28. The predicted octanol–water partition coefficient (Wildman–Crippen LogP) is 4.29. The van der Waals surface area contributed by atoms with E-state index in [0.29, 0.717) is 24.3 Å². The second-order valence-electron chi connectivity index (χ2n) is 10.4. The summed E-state index contributed by atoms with van der Waals surface area (Å²) in [7, 11) is 1.28. The van der Waals surface area contributed by atoms with Crippen molar-refractivity contribution in [3.8, 4) is 23.0 Å². The van der Waals surface area contributed by atoms with Crippen molar-refractivity contribution in [2.75, 3.05) is 45.8 Å². The van der Waals surface area contributed by atoms with Crippen LogP contribution >= 0.6 is 0 Å². The fourth-order valence-electron chi connectivity index (χ4n) is 4.64. The monoisotopic (exact) mass is 641 g/mol. The molecule has 244 valence electrons. The van der Waals surface area contributed by atoms with Crippen molar-refractivity contribution < 1.29 is 37.0 Å². The quantitative estimate of drug-likeness (QED) is 0.246. The molecular formula is C33H43N3O8S. The molecule has 0 fully saturated rings. The molecule has 0 heterocycles. The highest BCUT2D eigenvalue weighted by Gasteiger charge is 2.34. The first-order chi connectivity index (χ1) is 21.5. The van der Waals surface area contributed by atoms with Gasteiger partial charge in [0, 0.05) is 24.7 Å². The lowest BCUT2D eigenvalue weighted by atomic mass is 10.1. The van der Waals surface area contributed by atoms with Crippen LogP contribution in [0.3, 0.4) is 0 Å². The molecule has 12 heteroatoms. The summed E-state index contributed by atoms with van der Waals surface area (Å²) in [4.78, 5) is 28.8. The average Bonchev–Trinajstić information content (AvgIpc) is 3.06. The van der Waals surface area contributed by atoms with Crippen LogP contribution in [0.1, 0.15) is 32.8 Å². The van der Waals surface area contributed by atoms with Gasteiger partial charge in [0.2, 0.25) is 11.8 Å². The predicted molar refractivity (Wildman–Crippen MR) is 173 cm³/mol. The highest BCUT2D eigenvalue weighted by molar-refractivity contribution is 7.92. The number of rotatable bonds is 16. The number of benzene rings is 3. The molecule has 0 unspecified atom stereocenters. The Morgan fingerprint density at radius 2 is 1.47 bits per heavy atom. The minimum atomic E-state index is -4.42. The maximum absolute atomic E-state index is 14.4. The zero-order chi connectivity index (χ0) is 33.1. The summed E-state index contributed by atoms with van der Waals surface area (Å²) >= 11 is 0. The molecule has 1 N–H and O–H groups in total. The third-order valence-electron chi connectivity index (χ3n) is 7.53. The van der Waals surface area contributed by atoms with Gasteiger partial charge >= 0.3 is 0 Å². The lowest BCUT2D eigenvalue weighted by Gasteiger charge is -2.33. The van der Waals surface area contributed by atoms with Crippen LogP contribution in [0, 0.1) is 0 Å². The number of carbonyl (C=O) groups excluding carboxylic acids is 2. The Kier molecular flexibility index (Phi) is 12.5. The van der Waals surface area contributed by atoms with E-state index >= 15 is 0 Å². The van der Waals surface area contributed by atoms with Gasteiger partial charge in [-0.3, -0.25) is 13.9 Å². The Morgan fingerprint density at radius 1 is 0.822 bits per heavy atom. The molecule has 2 amide bonds. The number of nitrogens with zero attached hydrogens (tertiary/aromatic N) is 2. The number of amides is 2. The molecule has 3 aromatic carbocycles. The second kappa shape index (κ2) is 16.0. The van der Waals surface area contributed by atoms with E-state index in [0.717, 1.165) is 9.87 Å². The van der Waals surface area contributed by atoms with Crippen molar-refractivity contribution >= 4 is 27.5 Å². The molecule has 0 saturated carbocycles. The standard InChI is InChI=1S/C33H43N3O8S/c1-8-23(2)34-33(38)24(3)35(19-18-25-12-10-9-11-13-25)32(37)22-36(28-20-26(41-4)14-16-29(28)42-5)45(39,40)27-15-17-30(43-6)31(21-27)44-7/h9-17,20-21,23-24H,8,18-19,22H2,1-7H3,(H,34,38)/t23-,24+/m0/s1. The van der Waals surface area contributed by atoms with Crippen molar-refractivity contribution in [2.24, 2.45) is 0 Å². The van der Waals surface area contributed by atoms with Crippen LogP contribution in [-0.2, 0) is 26.0 Å². The molecule has 0 bridgehead atoms. The summed E-state index contributed by atoms with van der Waals surface area (Å²) in [5.74, 6) is 0.179. The first kappa shape index (κ1) is 35.0. The van der Waals surface area contributed by atoms with E-state index in [9.17, 15) is 18.0 Å². The molecule has 0 aliphatic carbocycles. The third kappa shape index (κ3) is 8.59. The van der Waals surface area contributed by atoms with Crippen LogP contribution in [0.2, 0.25) is 0 Å². The molecule has 0 aliphatic heterocycles. The highest BCUT2D eigenvalue weighted by Crippen LogP contribution is 2.37. The summed E-state index contributed by atoms with van der Waals surface area (Å²) < 4.78 is 51.3. The maximum atomic E-state index is 14.4. The molecule has 0 aromatic heterocycles. The summed E-state index contributed by atoms with van der Waals surface area (Å²) in [5.41, 5.74) is 1.05. The number of carbonyl (C=O) groups is 2. The van der Waals surface area contributed by atoms with Crippen LogP contribution in [0.5, 0.6) is 23.0 Å². The topological polar surface area (TPSA) is 124 Å². The molecule has 2 atom stereocenters. The Balaban J connectivity index is 2.12. The Hall–Kier alpha value is -4.45. The summed E-state index contributed by atoms with van der Waals surface area (Å²) in [6.07, 6.45) is 1.17. The van der Waals surface area contributed by atoms with Gasteiger partial charge in [0.25, 0.3) is 10.0 Å². The van der Waals surface area contributed by atoms with Crippen LogP contribution in [0.15, 0.2) is 71.6 Å². The lowest BCUT2D eigenvalue weighted by Crippen LogP contribution is -2.53. The van der Waals surface area contributed by atoms with E-state index in [-0.39, 0.29) is 40.6 Å². The van der Waals surface area contributed by atoms with Gasteiger partial charge < -0.3 is 29.2 Å². The average molecular weight is 642 g/mol. The molecule has 3 rings (SSSR count). The molecule has 0 saturated heterocycles. The normalized spacial score (nSPS) is 12.4. The van der Waals surface area contributed by atoms with Crippen molar-refractivity contribution in [2.45, 2.75) is 50.6 Å². The summed E-state index contributed by atoms with van der Waals surface area (Å²) in [6.45, 7) is 5.02. The maximum Gasteiger partial charge on any atom is 0.265 e. The second-order valence-corrected chi connectivity index (χ2v) is 12.2. The number of sulfonamides is 1. The first-order valence-corrected chi connectivity index (χ1v) is 16.0. The largest absolute Gasteiger partial charge is 0.497 e. The summed E-state index contributed by atoms with van der Waals surface area (Å²) in [5, 5.41) is 2.93. The molecule has 3 aromatic rings. The summed E-state index contributed by atoms with van der Waals surface area (Å²) in [6, 6.07) is 17.4. The van der Waals surface area contributed by atoms with Gasteiger partial charge in [-0.25, -0.2) is 8.42 Å². The van der Waals surface area contributed by atoms with Crippen molar-refractivity contribution in [3.05, 3.63) is 72.3 Å². The Morgan fingerprint density at radius 3 is 2.07 bits per heavy atom. The SMILES string of the molecule is CC[C@H](C)NC(=O)[C@@H](C)N(CCc1ccccc1)C(=O)CN(c1cc(OC)ccc1OC)S(=O)(=O)c1ccc(OC)c(OC)c1. The number of methoxy groups -OCH3 is 4. The minimum Gasteiger partial charge on any atom is -0.497 e. The fourth-order valence-corrected chi connectivity index (χ4v) is 6.08. The number of hydrogen-bond donors (Lipinski definition) is 1. The van der Waals surface area contributed by atoms with Gasteiger partial charge in [0.1, 0.15) is 24.1 Å². The number of ether oxygens (including phenoxy) is 4. The van der Waals surface area contributed by atoms with E-state index in [1.807, 2.05) is 44.2 Å². The zero-order valence-electron chi connectivity index (χ0n) is 26.9. The Bertz CT molecular complexity index is 1550. The van der Waals surface area contributed by atoms with Crippen molar-refractivity contribution in [1.82, 2.24) is 10.2 Å². The van der Waals surface area contributed by atoms with Crippen molar-refractivity contribution in [1.29, 1.82) is 0 Å². The zero-order valence-corrected chi connectivity index (χ0v) is 27.7. The lowest BCUT2D eigenvalue weighted by molar-refractivity contribution is -0.139. The van der Waals surface area contributed by atoms with Gasteiger partial charge in [-0.2, -0.15) is 0 Å². The van der Waals surface area contributed by atoms with Gasteiger partial charge in [-0.1, -0.05) is 37.3 Å². The van der Waals surface area contributed by atoms with Crippen LogP contribution in [0.25, 0.3) is 0 Å². The van der Waals surface area contributed by atoms with Gasteiger partial charge in [0.15, 0.2) is 11.5 Å². The number of anilines is 1. The van der Waals surface area contributed by atoms with E-state index < -0.39 is 28.5 Å². The highest BCUT2D eigenvalue weighted by atomic mass is 32.2. The smallest absolute Gasteiger partial charge is 0.265 e. The first-order valence-electron chi connectivity index (χ1n) is 14.6. The fraction of sp³-hybridized carbons (Fsp3) is 0.394. The minimum absolute atomic E-state index is 0.0831. The van der Waals surface area contributed by atoms with Gasteiger partial charge in [-0.05, 0) is 56.5 Å². The molecule has 45 heavy (non-hydrogen) atoms. The Labute approximate surface area is 266 Å². The van der Waals surface area contributed by atoms with E-state index in [1.165, 1.54) is 57.6 Å². The molecule has 0 aliphatic rings. The number of hydrogen-bond acceptors (Lipinski definition) is 8. The van der Waals surface area contributed by atoms with E-state index in [1.54, 1.807) is 19.1 Å². The van der Waals surface area contributed by atoms with Crippen molar-refractivity contribution in [3.63, 3.8) is 0 Å². The number of nitrogens with one attached hydrogen (secondary N) is 1. The molecule has 0 spiro atoms. The van der Waals surface area contributed by atoms with Crippen LogP contribution in [0.4, 0.5) is 5.69 Å². The van der Waals surface area contributed by atoms with Gasteiger partial charge in [0.05, 0.1) is 39.0 Å². The van der Waals surface area contributed by atoms with E-state index in [4.69, 9.17) is 18.9 Å². The molecular weight excluding hydrogens is 598 g/mol. The van der Waals surface area contributed by atoms with Crippen LogP contribution in [-0.4, -0.2) is 78.7 Å².